The van der Waals surface area contributed by atoms with E-state index >= 15 is 0 Å². The van der Waals surface area contributed by atoms with Gasteiger partial charge in [0.2, 0.25) is 5.28 Å². The third-order valence-corrected chi connectivity index (χ3v) is 2.82. The minimum absolute atomic E-state index is 0.0696. The van der Waals surface area contributed by atoms with Crippen LogP contribution in [0.15, 0.2) is 22.8 Å². The van der Waals surface area contributed by atoms with E-state index in [4.69, 9.17) is 27.6 Å². The van der Waals surface area contributed by atoms with Crippen LogP contribution in [-0.2, 0) is 6.42 Å². The number of hydrogen-bond donors (Lipinski definition) is 1. The van der Waals surface area contributed by atoms with Crippen molar-refractivity contribution in [2.24, 2.45) is 0 Å². The Bertz CT molecular complexity index is 504. The molecule has 0 aromatic carbocycles. The summed E-state index contributed by atoms with van der Waals surface area (Å²) in [6.45, 7) is 2.02. The monoisotopic (exact) mass is 286 g/mol. The fourth-order valence-corrected chi connectivity index (χ4v) is 1.76. The average molecular weight is 287 g/mol. The molecule has 0 fully saturated rings. The van der Waals surface area contributed by atoms with E-state index in [1.54, 1.807) is 6.26 Å². The zero-order valence-corrected chi connectivity index (χ0v) is 11.2. The van der Waals surface area contributed by atoms with Gasteiger partial charge in [0.1, 0.15) is 5.76 Å². The van der Waals surface area contributed by atoms with Gasteiger partial charge < -0.3 is 9.73 Å². The van der Waals surface area contributed by atoms with Crippen molar-refractivity contribution in [1.29, 1.82) is 0 Å². The molecule has 0 saturated carbocycles. The molecule has 0 aliphatic heterocycles. The highest BCUT2D eigenvalue weighted by atomic mass is 35.5. The number of hydrogen-bond acceptors (Lipinski definition) is 5. The van der Waals surface area contributed by atoms with Gasteiger partial charge in [0, 0.05) is 12.5 Å². The molecule has 0 aliphatic rings. The highest BCUT2D eigenvalue weighted by Gasteiger charge is 2.10. The third kappa shape index (κ3) is 3.58. The number of nitrogens with one attached hydrogen (secondary N) is 1. The quantitative estimate of drug-likeness (QED) is 0.914. The van der Waals surface area contributed by atoms with Crippen LogP contribution >= 0.6 is 23.2 Å². The first-order valence-electron chi connectivity index (χ1n) is 5.50. The smallest absolute Gasteiger partial charge is 0.245 e. The molecular weight excluding hydrogens is 275 g/mol. The molecule has 1 atom stereocenters. The summed E-state index contributed by atoms with van der Waals surface area (Å²) >= 11 is 11.5. The van der Waals surface area contributed by atoms with Crippen molar-refractivity contribution in [3.8, 4) is 0 Å². The second-order valence-electron chi connectivity index (χ2n) is 3.88. The third-order valence-electron chi connectivity index (χ3n) is 2.41. The molecule has 0 aliphatic carbocycles. The zero-order chi connectivity index (χ0) is 13.0. The molecule has 2 rings (SSSR count). The van der Waals surface area contributed by atoms with E-state index in [1.807, 2.05) is 19.1 Å². The molecule has 0 radical (unpaired) electrons. The normalized spacial score (nSPS) is 12.4. The van der Waals surface area contributed by atoms with Gasteiger partial charge in [-0.05, 0) is 37.1 Å². The summed E-state index contributed by atoms with van der Waals surface area (Å²) < 4.78 is 5.26. The summed E-state index contributed by atoms with van der Waals surface area (Å²) in [5.74, 6) is 1.40. The first-order valence-corrected chi connectivity index (χ1v) is 6.25. The van der Waals surface area contributed by atoms with Gasteiger partial charge in [-0.1, -0.05) is 11.6 Å². The largest absolute Gasteiger partial charge is 0.469 e. The van der Waals surface area contributed by atoms with Crippen molar-refractivity contribution < 1.29 is 4.42 Å². The second kappa shape index (κ2) is 6.02. The fourth-order valence-electron chi connectivity index (χ4n) is 1.50. The van der Waals surface area contributed by atoms with E-state index in [1.165, 1.54) is 0 Å². The first-order chi connectivity index (χ1) is 8.65. The fraction of sp³-hybridized carbons (Fsp3) is 0.364. The average Bonchev–Trinajstić information content (AvgIpc) is 2.84. The molecule has 18 heavy (non-hydrogen) atoms. The number of aryl methyl sites for hydroxylation is 1. The van der Waals surface area contributed by atoms with Gasteiger partial charge >= 0.3 is 0 Å². The number of halogens is 2. The predicted octanol–water partition coefficient (Wildman–Crippen LogP) is 3.20. The summed E-state index contributed by atoms with van der Waals surface area (Å²) in [5.41, 5.74) is 0. The maximum absolute atomic E-state index is 5.86. The van der Waals surface area contributed by atoms with E-state index in [0.29, 0.717) is 5.82 Å². The van der Waals surface area contributed by atoms with Crippen LogP contribution in [0.3, 0.4) is 0 Å². The van der Waals surface area contributed by atoms with Crippen LogP contribution in [0.2, 0.25) is 10.4 Å². The van der Waals surface area contributed by atoms with Crippen LogP contribution in [-0.4, -0.2) is 21.2 Å². The summed E-state index contributed by atoms with van der Waals surface area (Å²) in [6.07, 6.45) is 3.38. The molecule has 0 bridgehead atoms. The Morgan fingerprint density at radius 2 is 2.22 bits per heavy atom. The van der Waals surface area contributed by atoms with Gasteiger partial charge in [-0.3, -0.25) is 0 Å². The molecule has 0 saturated heterocycles. The lowest BCUT2D eigenvalue weighted by atomic mass is 10.1. The van der Waals surface area contributed by atoms with Crippen molar-refractivity contribution >= 4 is 29.0 Å². The summed E-state index contributed by atoms with van der Waals surface area (Å²) in [4.78, 5) is 3.98. The highest BCUT2D eigenvalue weighted by Crippen LogP contribution is 2.18. The summed E-state index contributed by atoms with van der Waals surface area (Å²) in [6, 6.07) is 3.99. The molecule has 1 N–H and O–H groups in total. The Morgan fingerprint density at radius 3 is 2.94 bits per heavy atom. The number of furan rings is 1. The van der Waals surface area contributed by atoms with E-state index in [9.17, 15) is 0 Å². The molecule has 96 valence electrons. The van der Waals surface area contributed by atoms with E-state index in [-0.39, 0.29) is 16.5 Å². The topological polar surface area (TPSA) is 63.8 Å². The van der Waals surface area contributed by atoms with Crippen molar-refractivity contribution in [2.75, 3.05) is 5.32 Å². The molecule has 7 heteroatoms. The van der Waals surface area contributed by atoms with Crippen molar-refractivity contribution in [1.82, 2.24) is 15.2 Å². The Kier molecular flexibility index (Phi) is 4.38. The van der Waals surface area contributed by atoms with Gasteiger partial charge in [-0.15, -0.1) is 10.2 Å². The molecular formula is C11H12Cl2N4O. The lowest BCUT2D eigenvalue weighted by Gasteiger charge is -2.13. The zero-order valence-electron chi connectivity index (χ0n) is 9.73. The maximum atomic E-state index is 5.86. The molecule has 2 aromatic heterocycles. The summed E-state index contributed by atoms with van der Waals surface area (Å²) in [7, 11) is 0. The maximum Gasteiger partial charge on any atom is 0.245 e. The standard InChI is InChI=1S/C11H12Cl2N4O/c1-7(4-5-8-3-2-6-18-8)14-10-9(12)16-17-11(13)15-10/h2-3,6-7H,4-5H2,1H3,(H,14,15,17). The predicted molar refractivity (Wildman–Crippen MR) is 70.0 cm³/mol. The summed E-state index contributed by atoms with van der Waals surface area (Å²) in [5, 5.41) is 10.7. The molecule has 2 aromatic rings. The van der Waals surface area contributed by atoms with E-state index in [2.05, 4.69) is 20.5 Å². The van der Waals surface area contributed by atoms with Crippen LogP contribution in [0, 0.1) is 0 Å². The van der Waals surface area contributed by atoms with Crippen LogP contribution in [0.25, 0.3) is 0 Å². The van der Waals surface area contributed by atoms with Crippen LogP contribution in [0.4, 0.5) is 5.82 Å². The molecule has 5 nitrogen and oxygen atoms in total. The van der Waals surface area contributed by atoms with Gasteiger partial charge in [0.25, 0.3) is 0 Å². The van der Waals surface area contributed by atoms with E-state index < -0.39 is 0 Å². The Morgan fingerprint density at radius 1 is 1.39 bits per heavy atom. The van der Waals surface area contributed by atoms with Gasteiger partial charge in [-0.2, -0.15) is 4.98 Å². The Labute approximate surface area is 115 Å². The minimum Gasteiger partial charge on any atom is -0.469 e. The van der Waals surface area contributed by atoms with Crippen LogP contribution in [0.5, 0.6) is 0 Å². The molecule has 2 heterocycles. The van der Waals surface area contributed by atoms with Crippen molar-refractivity contribution in [3.05, 3.63) is 34.6 Å². The van der Waals surface area contributed by atoms with Crippen LogP contribution < -0.4 is 5.32 Å². The van der Waals surface area contributed by atoms with Gasteiger partial charge in [0.15, 0.2) is 11.0 Å². The Hall–Kier alpha value is -1.33. The SMILES string of the molecule is CC(CCc1ccco1)Nc1nc(Cl)nnc1Cl. The van der Waals surface area contributed by atoms with Crippen molar-refractivity contribution in [2.45, 2.75) is 25.8 Å². The molecule has 0 spiro atoms. The molecule has 0 amide bonds. The lowest BCUT2D eigenvalue weighted by molar-refractivity contribution is 0.495. The number of rotatable bonds is 5. The second-order valence-corrected chi connectivity index (χ2v) is 4.58. The van der Waals surface area contributed by atoms with Crippen molar-refractivity contribution in [3.63, 3.8) is 0 Å². The number of nitrogens with zero attached hydrogens (tertiary/aromatic N) is 3. The Balaban J connectivity index is 1.90. The number of aromatic nitrogens is 3. The number of anilines is 1. The minimum atomic E-state index is 0.0696. The van der Waals surface area contributed by atoms with Gasteiger partial charge in [0.05, 0.1) is 6.26 Å². The molecule has 1 unspecified atom stereocenters. The highest BCUT2D eigenvalue weighted by molar-refractivity contribution is 6.32. The lowest BCUT2D eigenvalue weighted by Crippen LogP contribution is -2.17. The van der Waals surface area contributed by atoms with Gasteiger partial charge in [-0.25, -0.2) is 0 Å². The van der Waals surface area contributed by atoms with E-state index in [0.717, 1.165) is 18.6 Å². The van der Waals surface area contributed by atoms with Crippen LogP contribution in [0.1, 0.15) is 19.1 Å². The first kappa shape index (κ1) is 13.1.